The van der Waals surface area contributed by atoms with E-state index in [1.165, 1.54) is 0 Å². The van der Waals surface area contributed by atoms with Crippen LogP contribution in [0.1, 0.15) is 39.5 Å². The SMILES string of the molecule is CCC[C@H](CC)CC(=O)Cl. The lowest BCUT2D eigenvalue weighted by atomic mass is 9.98. The Morgan fingerprint density at radius 2 is 2.10 bits per heavy atom. The van der Waals surface area contributed by atoms with E-state index in [4.69, 9.17) is 11.6 Å². The molecule has 0 unspecified atom stereocenters. The normalized spacial score (nSPS) is 13.1. The minimum absolute atomic E-state index is 0.194. The molecule has 0 saturated carbocycles. The summed E-state index contributed by atoms with van der Waals surface area (Å²) in [6, 6.07) is 0. The van der Waals surface area contributed by atoms with Gasteiger partial charge in [0.1, 0.15) is 0 Å². The van der Waals surface area contributed by atoms with Crippen LogP contribution in [0.5, 0.6) is 0 Å². The Morgan fingerprint density at radius 3 is 2.40 bits per heavy atom. The molecule has 0 aliphatic heterocycles. The van der Waals surface area contributed by atoms with E-state index < -0.39 is 0 Å². The third kappa shape index (κ3) is 4.80. The Balaban J connectivity index is 3.49. The molecule has 0 aliphatic carbocycles. The van der Waals surface area contributed by atoms with E-state index >= 15 is 0 Å². The maximum atomic E-state index is 10.5. The first-order chi connectivity index (χ1) is 4.70. The Morgan fingerprint density at radius 1 is 1.50 bits per heavy atom. The molecule has 0 radical (unpaired) electrons. The van der Waals surface area contributed by atoms with Crippen LogP contribution in [-0.2, 0) is 4.79 Å². The van der Waals surface area contributed by atoms with Crippen molar-refractivity contribution in [1.29, 1.82) is 0 Å². The molecule has 0 fully saturated rings. The second-order valence-electron chi connectivity index (χ2n) is 2.62. The molecule has 0 rings (SSSR count). The lowest BCUT2D eigenvalue weighted by Gasteiger charge is -2.09. The Hall–Kier alpha value is -0.0400. The number of halogens is 1. The van der Waals surface area contributed by atoms with Gasteiger partial charge in [0.05, 0.1) is 0 Å². The van der Waals surface area contributed by atoms with E-state index in [0.29, 0.717) is 12.3 Å². The average Bonchev–Trinajstić information content (AvgIpc) is 1.86. The summed E-state index contributed by atoms with van der Waals surface area (Å²) in [6.07, 6.45) is 3.87. The molecule has 0 bridgehead atoms. The highest BCUT2D eigenvalue weighted by Gasteiger charge is 2.08. The van der Waals surface area contributed by atoms with Crippen molar-refractivity contribution in [1.82, 2.24) is 0 Å². The third-order valence-corrected chi connectivity index (χ3v) is 1.88. The quantitative estimate of drug-likeness (QED) is 0.568. The summed E-state index contributed by atoms with van der Waals surface area (Å²) in [5, 5.41) is -0.194. The molecule has 0 aliphatic rings. The highest BCUT2D eigenvalue weighted by Crippen LogP contribution is 2.15. The van der Waals surface area contributed by atoms with Crippen LogP contribution >= 0.6 is 11.6 Å². The highest BCUT2D eigenvalue weighted by molar-refractivity contribution is 6.63. The summed E-state index contributed by atoms with van der Waals surface area (Å²) in [6.45, 7) is 4.22. The zero-order chi connectivity index (χ0) is 7.98. The molecule has 1 nitrogen and oxygen atoms in total. The van der Waals surface area contributed by atoms with Crippen molar-refractivity contribution in [3.8, 4) is 0 Å². The minimum Gasteiger partial charge on any atom is -0.281 e. The van der Waals surface area contributed by atoms with Crippen LogP contribution in [0.25, 0.3) is 0 Å². The number of rotatable bonds is 5. The van der Waals surface area contributed by atoms with Crippen LogP contribution < -0.4 is 0 Å². The summed E-state index contributed by atoms with van der Waals surface area (Å²) in [4.78, 5) is 10.5. The topological polar surface area (TPSA) is 17.1 Å². The summed E-state index contributed by atoms with van der Waals surface area (Å²) in [5.74, 6) is 0.509. The lowest BCUT2D eigenvalue weighted by Crippen LogP contribution is -2.02. The molecular weight excluding hydrogens is 148 g/mol. The minimum atomic E-state index is -0.194. The van der Waals surface area contributed by atoms with Crippen LogP contribution in [0.4, 0.5) is 0 Å². The van der Waals surface area contributed by atoms with Gasteiger partial charge in [0.15, 0.2) is 0 Å². The van der Waals surface area contributed by atoms with E-state index in [2.05, 4.69) is 13.8 Å². The van der Waals surface area contributed by atoms with E-state index in [1.807, 2.05) is 0 Å². The molecule has 2 heteroatoms. The largest absolute Gasteiger partial charge is 0.281 e. The molecule has 60 valence electrons. The predicted molar refractivity (Wildman–Crippen MR) is 44.2 cm³/mol. The number of carbonyl (C=O) groups is 1. The summed E-state index contributed by atoms with van der Waals surface area (Å²) in [5.41, 5.74) is 0. The molecule has 1 atom stereocenters. The Kier molecular flexibility index (Phi) is 5.70. The molecular formula is C8H15ClO. The van der Waals surface area contributed by atoms with E-state index in [9.17, 15) is 4.79 Å². The van der Waals surface area contributed by atoms with Gasteiger partial charge in [-0.15, -0.1) is 0 Å². The van der Waals surface area contributed by atoms with E-state index in [0.717, 1.165) is 19.3 Å². The molecule has 0 saturated heterocycles. The van der Waals surface area contributed by atoms with E-state index in [-0.39, 0.29) is 5.24 Å². The zero-order valence-corrected chi connectivity index (χ0v) is 7.45. The van der Waals surface area contributed by atoms with Crippen LogP contribution in [0.2, 0.25) is 0 Å². The predicted octanol–water partition coefficient (Wildman–Crippen LogP) is 2.97. The maximum absolute atomic E-state index is 10.5. The van der Waals surface area contributed by atoms with Crippen LogP contribution in [0.3, 0.4) is 0 Å². The van der Waals surface area contributed by atoms with Crippen molar-refractivity contribution in [2.45, 2.75) is 39.5 Å². The average molecular weight is 163 g/mol. The fraction of sp³-hybridized carbons (Fsp3) is 0.875. The van der Waals surface area contributed by atoms with Crippen molar-refractivity contribution in [2.75, 3.05) is 0 Å². The maximum Gasteiger partial charge on any atom is 0.221 e. The van der Waals surface area contributed by atoms with Crippen molar-refractivity contribution in [3.63, 3.8) is 0 Å². The summed E-state index contributed by atoms with van der Waals surface area (Å²) in [7, 11) is 0. The van der Waals surface area contributed by atoms with Crippen LogP contribution in [-0.4, -0.2) is 5.24 Å². The Bertz CT molecular complexity index is 101. The van der Waals surface area contributed by atoms with Crippen molar-refractivity contribution in [3.05, 3.63) is 0 Å². The lowest BCUT2D eigenvalue weighted by molar-refractivity contribution is -0.112. The van der Waals surface area contributed by atoms with Gasteiger partial charge in [0.25, 0.3) is 0 Å². The van der Waals surface area contributed by atoms with Crippen molar-refractivity contribution in [2.24, 2.45) is 5.92 Å². The zero-order valence-electron chi connectivity index (χ0n) is 6.69. The van der Waals surface area contributed by atoms with Gasteiger partial charge in [-0.05, 0) is 17.5 Å². The fourth-order valence-electron chi connectivity index (χ4n) is 1.09. The first kappa shape index (κ1) is 9.96. The highest BCUT2D eigenvalue weighted by atomic mass is 35.5. The van der Waals surface area contributed by atoms with Gasteiger partial charge in [-0.25, -0.2) is 0 Å². The molecule has 10 heavy (non-hydrogen) atoms. The molecule has 0 aromatic heterocycles. The smallest absolute Gasteiger partial charge is 0.221 e. The molecule has 0 aromatic rings. The van der Waals surface area contributed by atoms with Gasteiger partial charge in [0.2, 0.25) is 5.24 Å². The van der Waals surface area contributed by atoms with Gasteiger partial charge >= 0.3 is 0 Å². The second-order valence-corrected chi connectivity index (χ2v) is 3.04. The van der Waals surface area contributed by atoms with Gasteiger partial charge in [-0.2, -0.15) is 0 Å². The summed E-state index contributed by atoms with van der Waals surface area (Å²) >= 11 is 5.25. The fourth-order valence-corrected chi connectivity index (χ4v) is 1.30. The second kappa shape index (κ2) is 5.72. The monoisotopic (exact) mass is 162 g/mol. The number of carbonyl (C=O) groups excluding carboxylic acids is 1. The standard InChI is InChI=1S/C8H15ClO/c1-3-5-7(4-2)6-8(9)10/h7H,3-6H2,1-2H3/t7-/m0/s1. The van der Waals surface area contributed by atoms with Gasteiger partial charge in [-0.1, -0.05) is 33.1 Å². The molecule has 0 amide bonds. The third-order valence-electron chi connectivity index (χ3n) is 1.72. The van der Waals surface area contributed by atoms with Gasteiger partial charge < -0.3 is 0 Å². The molecule has 0 heterocycles. The first-order valence-electron chi connectivity index (χ1n) is 3.89. The first-order valence-corrected chi connectivity index (χ1v) is 4.26. The molecule has 0 spiro atoms. The van der Waals surface area contributed by atoms with E-state index in [1.54, 1.807) is 0 Å². The molecule has 0 aromatic carbocycles. The van der Waals surface area contributed by atoms with Crippen LogP contribution in [0, 0.1) is 5.92 Å². The molecule has 0 N–H and O–H groups in total. The number of hydrogen-bond donors (Lipinski definition) is 0. The van der Waals surface area contributed by atoms with Crippen LogP contribution in [0.15, 0.2) is 0 Å². The van der Waals surface area contributed by atoms with Crippen molar-refractivity contribution < 1.29 is 4.79 Å². The van der Waals surface area contributed by atoms with Crippen molar-refractivity contribution >= 4 is 16.8 Å². The number of hydrogen-bond acceptors (Lipinski definition) is 1. The Labute approximate surface area is 67.8 Å². The van der Waals surface area contributed by atoms with Gasteiger partial charge in [-0.3, -0.25) is 4.79 Å². The van der Waals surface area contributed by atoms with Gasteiger partial charge in [0, 0.05) is 6.42 Å². The summed E-state index contributed by atoms with van der Waals surface area (Å²) < 4.78 is 0.